The van der Waals surface area contributed by atoms with Crippen LogP contribution in [0.5, 0.6) is 5.75 Å². The van der Waals surface area contributed by atoms with Crippen molar-refractivity contribution in [3.63, 3.8) is 0 Å². The van der Waals surface area contributed by atoms with Crippen molar-refractivity contribution in [1.82, 2.24) is 5.32 Å². The van der Waals surface area contributed by atoms with Gasteiger partial charge in [0.1, 0.15) is 16.6 Å². The van der Waals surface area contributed by atoms with E-state index in [2.05, 4.69) is 10.3 Å². The minimum atomic E-state index is -3.62. The molecule has 2 heterocycles. The largest absolute Gasteiger partial charge is 0.487 e. The molecular weight excluding hydrogens is 302 g/mol. The first-order valence-electron chi connectivity index (χ1n) is 7.09. The maximum atomic E-state index is 12.9. The Kier molecular flexibility index (Phi) is 3.37. The second kappa shape index (κ2) is 4.99. The molecule has 0 aromatic heterocycles. The van der Waals surface area contributed by atoms with Crippen LogP contribution in [-0.4, -0.2) is 32.3 Å². The first-order chi connectivity index (χ1) is 10.3. The fourth-order valence-corrected chi connectivity index (χ4v) is 4.82. The lowest BCUT2D eigenvalue weighted by atomic mass is 9.93. The van der Waals surface area contributed by atoms with Gasteiger partial charge in [-0.3, -0.25) is 4.99 Å². The van der Waals surface area contributed by atoms with Crippen LogP contribution in [0.3, 0.4) is 0 Å². The van der Waals surface area contributed by atoms with Gasteiger partial charge in [-0.2, -0.15) is 5.26 Å². The van der Waals surface area contributed by atoms with E-state index in [0.29, 0.717) is 36.4 Å². The van der Waals surface area contributed by atoms with Crippen LogP contribution in [-0.2, 0) is 9.84 Å². The van der Waals surface area contributed by atoms with E-state index in [4.69, 9.17) is 10.00 Å². The van der Waals surface area contributed by atoms with Crippen LogP contribution >= 0.6 is 0 Å². The third-order valence-electron chi connectivity index (χ3n) is 3.84. The van der Waals surface area contributed by atoms with Crippen molar-refractivity contribution in [3.05, 3.63) is 29.3 Å². The Morgan fingerprint density at radius 3 is 2.86 bits per heavy atom. The molecule has 6 nitrogen and oxygen atoms in total. The molecule has 1 aromatic rings. The fourth-order valence-electron chi connectivity index (χ4n) is 2.84. The summed E-state index contributed by atoms with van der Waals surface area (Å²) < 4.78 is 31.7. The maximum Gasteiger partial charge on any atom is 0.218 e. The number of aliphatic imine (C=N–C) groups is 1. The highest BCUT2D eigenvalue weighted by molar-refractivity contribution is 8.06. The lowest BCUT2D eigenvalue weighted by Crippen LogP contribution is -2.40. The van der Waals surface area contributed by atoms with Gasteiger partial charge in [0.15, 0.2) is 0 Å². The van der Waals surface area contributed by atoms with Crippen LogP contribution in [0.4, 0.5) is 0 Å². The standard InChI is InChI=1S/C15H17N3O3S/c1-15(2)8-13(22(19,20)14-17-5-6-18-14)11-7-10(9-16)3-4-12(11)21-15/h3-4,7,13H,5-6,8H2,1-2H3,(H,17,18)/t13-/m0/s1. The molecule has 0 spiro atoms. The normalized spacial score (nSPS) is 22.8. The first kappa shape index (κ1) is 14.9. The van der Waals surface area contributed by atoms with Gasteiger partial charge >= 0.3 is 0 Å². The highest BCUT2D eigenvalue weighted by Crippen LogP contribution is 2.44. The predicted octanol–water partition coefficient (Wildman–Crippen LogP) is 1.53. The van der Waals surface area contributed by atoms with Crippen molar-refractivity contribution in [2.24, 2.45) is 4.99 Å². The fraction of sp³-hybridized carbons (Fsp3) is 0.467. The number of sulfone groups is 1. The van der Waals surface area contributed by atoms with E-state index in [1.54, 1.807) is 18.2 Å². The third-order valence-corrected chi connectivity index (χ3v) is 5.82. The summed E-state index contributed by atoms with van der Waals surface area (Å²) >= 11 is 0. The van der Waals surface area contributed by atoms with Crippen molar-refractivity contribution in [2.75, 3.05) is 13.1 Å². The number of hydrogen-bond donors (Lipinski definition) is 1. The number of fused-ring (bicyclic) bond motifs is 1. The van der Waals surface area contributed by atoms with E-state index in [1.165, 1.54) is 0 Å². The molecule has 0 bridgehead atoms. The number of ether oxygens (including phenoxy) is 1. The molecule has 0 amide bonds. The number of nitrogens with zero attached hydrogens (tertiary/aromatic N) is 2. The van der Waals surface area contributed by atoms with Gasteiger partial charge in [0.25, 0.3) is 0 Å². The van der Waals surface area contributed by atoms with Crippen LogP contribution < -0.4 is 10.1 Å². The van der Waals surface area contributed by atoms with Gasteiger partial charge in [0.2, 0.25) is 15.0 Å². The molecule has 0 saturated carbocycles. The molecule has 0 unspecified atom stereocenters. The van der Waals surface area contributed by atoms with E-state index in [0.717, 1.165) is 0 Å². The topological polar surface area (TPSA) is 91.5 Å². The van der Waals surface area contributed by atoms with E-state index < -0.39 is 20.7 Å². The summed E-state index contributed by atoms with van der Waals surface area (Å²) in [6.07, 6.45) is 0.317. The minimum Gasteiger partial charge on any atom is -0.487 e. The van der Waals surface area contributed by atoms with Crippen LogP contribution in [0, 0.1) is 11.3 Å². The van der Waals surface area contributed by atoms with Crippen LogP contribution in [0.1, 0.15) is 36.6 Å². The SMILES string of the molecule is CC1(C)C[C@H](S(=O)(=O)C2=NCCN2)c2cc(C#N)ccc2O1. The summed E-state index contributed by atoms with van der Waals surface area (Å²) in [5, 5.41) is 11.2. The van der Waals surface area contributed by atoms with Crippen molar-refractivity contribution in [2.45, 2.75) is 31.1 Å². The second-order valence-electron chi connectivity index (χ2n) is 6.08. The van der Waals surface area contributed by atoms with Gasteiger partial charge in [0.05, 0.1) is 18.2 Å². The third kappa shape index (κ3) is 2.44. The Labute approximate surface area is 129 Å². The zero-order valence-corrected chi connectivity index (χ0v) is 13.3. The molecule has 116 valence electrons. The molecule has 1 atom stereocenters. The zero-order valence-electron chi connectivity index (χ0n) is 12.5. The summed E-state index contributed by atoms with van der Waals surface area (Å²) in [6, 6.07) is 6.94. The number of nitrogens with one attached hydrogen (secondary N) is 1. The van der Waals surface area contributed by atoms with Gasteiger partial charge in [-0.25, -0.2) is 8.42 Å². The Bertz CT molecular complexity index is 791. The van der Waals surface area contributed by atoms with E-state index >= 15 is 0 Å². The average molecular weight is 319 g/mol. The molecule has 0 radical (unpaired) electrons. The number of amidine groups is 1. The lowest BCUT2D eigenvalue weighted by Gasteiger charge is -2.37. The molecule has 7 heteroatoms. The molecule has 2 aliphatic rings. The molecule has 0 saturated heterocycles. The summed E-state index contributed by atoms with van der Waals surface area (Å²) in [5.74, 6) is 0.516. The van der Waals surface area contributed by atoms with E-state index in [1.807, 2.05) is 19.9 Å². The monoisotopic (exact) mass is 319 g/mol. The van der Waals surface area contributed by atoms with Crippen molar-refractivity contribution >= 4 is 15.0 Å². The second-order valence-corrected chi connectivity index (χ2v) is 8.12. The lowest BCUT2D eigenvalue weighted by molar-refractivity contribution is 0.0823. The van der Waals surface area contributed by atoms with Gasteiger partial charge in [-0.1, -0.05) is 0 Å². The van der Waals surface area contributed by atoms with E-state index in [9.17, 15) is 8.42 Å². The number of benzene rings is 1. The molecule has 1 N–H and O–H groups in total. The van der Waals surface area contributed by atoms with Crippen molar-refractivity contribution in [1.29, 1.82) is 5.26 Å². The predicted molar refractivity (Wildman–Crippen MR) is 82.4 cm³/mol. The van der Waals surface area contributed by atoms with Crippen molar-refractivity contribution < 1.29 is 13.2 Å². The molecule has 0 fully saturated rings. The Balaban J connectivity index is 2.14. The molecular formula is C15H17N3O3S. The molecule has 1 aromatic carbocycles. The van der Waals surface area contributed by atoms with Gasteiger partial charge in [-0.15, -0.1) is 0 Å². The highest BCUT2D eigenvalue weighted by Gasteiger charge is 2.43. The average Bonchev–Trinajstić information content (AvgIpc) is 3.00. The summed E-state index contributed by atoms with van der Waals surface area (Å²) in [4.78, 5) is 4.06. The van der Waals surface area contributed by atoms with Crippen LogP contribution in [0.15, 0.2) is 23.2 Å². The minimum absolute atomic E-state index is 0.0449. The maximum absolute atomic E-state index is 12.9. The van der Waals surface area contributed by atoms with Crippen LogP contribution in [0.25, 0.3) is 0 Å². The van der Waals surface area contributed by atoms with Crippen LogP contribution in [0.2, 0.25) is 0 Å². The van der Waals surface area contributed by atoms with Gasteiger partial charge in [0, 0.05) is 18.5 Å². The molecule has 22 heavy (non-hydrogen) atoms. The highest BCUT2D eigenvalue weighted by atomic mass is 32.2. The smallest absolute Gasteiger partial charge is 0.218 e. The number of rotatable bonds is 1. The van der Waals surface area contributed by atoms with Gasteiger partial charge < -0.3 is 10.1 Å². The van der Waals surface area contributed by atoms with Gasteiger partial charge in [-0.05, 0) is 32.0 Å². The molecule has 0 aliphatic carbocycles. The Morgan fingerprint density at radius 1 is 1.45 bits per heavy atom. The number of hydrogen-bond acceptors (Lipinski definition) is 6. The zero-order chi connectivity index (χ0) is 16.0. The Morgan fingerprint density at radius 2 is 2.23 bits per heavy atom. The van der Waals surface area contributed by atoms with Crippen molar-refractivity contribution in [3.8, 4) is 11.8 Å². The molecule has 3 rings (SSSR count). The molecule has 2 aliphatic heterocycles. The first-order valence-corrected chi connectivity index (χ1v) is 8.63. The summed E-state index contributed by atoms with van der Waals surface area (Å²) in [7, 11) is -3.62. The quantitative estimate of drug-likeness (QED) is 0.847. The van der Waals surface area contributed by atoms with E-state index in [-0.39, 0.29) is 5.17 Å². The summed E-state index contributed by atoms with van der Waals surface area (Å²) in [6.45, 7) is 4.72. The summed E-state index contributed by atoms with van der Waals surface area (Å²) in [5.41, 5.74) is 0.358. The Hall–Kier alpha value is -2.07. The number of nitriles is 1.